The second kappa shape index (κ2) is 5.04. The standard InChI is InChI=1S/C15H19N3O2/c1-11-8-12(2)17-14(13(11)9-16)18-5-3-4-15(10-18)19-6-7-20-15/h8H,3-7,10H2,1-2H3. The van der Waals surface area contributed by atoms with Gasteiger partial charge in [-0.1, -0.05) is 0 Å². The summed E-state index contributed by atoms with van der Waals surface area (Å²) >= 11 is 0. The first-order valence-electron chi connectivity index (χ1n) is 7.05. The lowest BCUT2D eigenvalue weighted by molar-refractivity contribution is -0.161. The number of aromatic nitrogens is 1. The highest BCUT2D eigenvalue weighted by molar-refractivity contribution is 5.58. The molecule has 3 rings (SSSR count). The van der Waals surface area contributed by atoms with E-state index < -0.39 is 5.79 Å². The predicted molar refractivity (Wildman–Crippen MR) is 74.5 cm³/mol. The van der Waals surface area contributed by atoms with Crippen LogP contribution in [0.15, 0.2) is 6.07 Å². The Bertz CT molecular complexity index is 559. The number of piperidine rings is 1. The molecule has 0 atom stereocenters. The van der Waals surface area contributed by atoms with Crippen LogP contribution in [0, 0.1) is 25.2 Å². The largest absolute Gasteiger partial charge is 0.350 e. The normalized spacial score (nSPS) is 21.1. The molecule has 106 valence electrons. The topological polar surface area (TPSA) is 58.4 Å². The van der Waals surface area contributed by atoms with Crippen molar-refractivity contribution in [1.29, 1.82) is 5.26 Å². The van der Waals surface area contributed by atoms with Crippen molar-refractivity contribution in [3.05, 3.63) is 22.9 Å². The first-order chi connectivity index (χ1) is 9.63. The van der Waals surface area contributed by atoms with E-state index in [2.05, 4.69) is 16.0 Å². The molecule has 0 unspecified atom stereocenters. The summed E-state index contributed by atoms with van der Waals surface area (Å²) in [4.78, 5) is 6.71. The fourth-order valence-electron chi connectivity index (χ4n) is 3.09. The monoisotopic (exact) mass is 273 g/mol. The van der Waals surface area contributed by atoms with Crippen molar-refractivity contribution >= 4 is 5.82 Å². The fourth-order valence-corrected chi connectivity index (χ4v) is 3.09. The minimum Gasteiger partial charge on any atom is -0.350 e. The van der Waals surface area contributed by atoms with Crippen LogP contribution in [0.5, 0.6) is 0 Å². The zero-order valence-corrected chi connectivity index (χ0v) is 12.0. The van der Waals surface area contributed by atoms with Gasteiger partial charge in [-0.15, -0.1) is 0 Å². The van der Waals surface area contributed by atoms with Gasteiger partial charge in [0.1, 0.15) is 11.9 Å². The summed E-state index contributed by atoms with van der Waals surface area (Å²) in [7, 11) is 0. The third-order valence-corrected chi connectivity index (χ3v) is 3.97. The molecule has 5 nitrogen and oxygen atoms in total. The van der Waals surface area contributed by atoms with E-state index in [0.717, 1.165) is 36.5 Å². The Kier molecular flexibility index (Phi) is 3.36. The molecule has 5 heteroatoms. The number of nitrogens with zero attached hydrogens (tertiary/aromatic N) is 3. The number of ether oxygens (including phenoxy) is 2. The van der Waals surface area contributed by atoms with Gasteiger partial charge in [0.15, 0.2) is 5.79 Å². The molecule has 0 bridgehead atoms. The highest BCUT2D eigenvalue weighted by Gasteiger charge is 2.41. The van der Waals surface area contributed by atoms with Crippen molar-refractivity contribution in [3.8, 4) is 6.07 Å². The number of aryl methyl sites for hydroxylation is 2. The van der Waals surface area contributed by atoms with E-state index >= 15 is 0 Å². The Labute approximate surface area is 119 Å². The molecule has 1 spiro atoms. The third-order valence-electron chi connectivity index (χ3n) is 3.97. The van der Waals surface area contributed by atoms with Gasteiger partial charge < -0.3 is 14.4 Å². The van der Waals surface area contributed by atoms with Crippen molar-refractivity contribution in [3.63, 3.8) is 0 Å². The molecule has 0 N–H and O–H groups in total. The lowest BCUT2D eigenvalue weighted by Gasteiger charge is -2.39. The lowest BCUT2D eigenvalue weighted by Crippen LogP contribution is -2.49. The molecule has 1 aromatic rings. The van der Waals surface area contributed by atoms with Crippen molar-refractivity contribution in [2.75, 3.05) is 31.2 Å². The van der Waals surface area contributed by atoms with Crippen LogP contribution < -0.4 is 4.90 Å². The lowest BCUT2D eigenvalue weighted by atomic mass is 10.0. The molecule has 2 aliphatic rings. The van der Waals surface area contributed by atoms with Gasteiger partial charge in [-0.25, -0.2) is 4.98 Å². The number of nitriles is 1. The summed E-state index contributed by atoms with van der Waals surface area (Å²) in [6.45, 7) is 6.76. The van der Waals surface area contributed by atoms with E-state index in [1.165, 1.54) is 0 Å². The number of rotatable bonds is 1. The highest BCUT2D eigenvalue weighted by atomic mass is 16.7. The second-order valence-corrected chi connectivity index (χ2v) is 5.52. The Morgan fingerprint density at radius 2 is 2.10 bits per heavy atom. The molecule has 2 saturated heterocycles. The molecular weight excluding hydrogens is 254 g/mol. The fraction of sp³-hybridized carbons (Fsp3) is 0.600. The van der Waals surface area contributed by atoms with Gasteiger partial charge in [0, 0.05) is 18.7 Å². The van der Waals surface area contributed by atoms with Crippen LogP contribution >= 0.6 is 0 Å². The maximum atomic E-state index is 9.40. The van der Waals surface area contributed by atoms with Gasteiger partial charge in [0.05, 0.1) is 25.3 Å². The quantitative estimate of drug-likeness (QED) is 0.782. The average molecular weight is 273 g/mol. The molecule has 3 heterocycles. The molecule has 0 aromatic carbocycles. The van der Waals surface area contributed by atoms with Crippen molar-refractivity contribution in [1.82, 2.24) is 4.98 Å². The molecule has 0 amide bonds. The first-order valence-corrected chi connectivity index (χ1v) is 7.05. The van der Waals surface area contributed by atoms with E-state index in [-0.39, 0.29) is 0 Å². The number of hydrogen-bond donors (Lipinski definition) is 0. The summed E-state index contributed by atoms with van der Waals surface area (Å²) in [6.07, 6.45) is 1.90. The summed E-state index contributed by atoms with van der Waals surface area (Å²) in [5, 5.41) is 9.40. The molecular formula is C15H19N3O2. The zero-order chi connectivity index (χ0) is 14.2. The van der Waals surface area contributed by atoms with Gasteiger partial charge in [-0.05, 0) is 31.9 Å². The molecule has 2 fully saturated rings. The van der Waals surface area contributed by atoms with Gasteiger partial charge in [-0.3, -0.25) is 0 Å². The average Bonchev–Trinajstić information content (AvgIpc) is 2.86. The Morgan fingerprint density at radius 3 is 2.80 bits per heavy atom. The van der Waals surface area contributed by atoms with Gasteiger partial charge >= 0.3 is 0 Å². The minimum atomic E-state index is -0.496. The molecule has 0 aliphatic carbocycles. The first kappa shape index (κ1) is 13.3. The Hall–Kier alpha value is -1.64. The second-order valence-electron chi connectivity index (χ2n) is 5.52. The Balaban J connectivity index is 1.94. The number of pyridine rings is 1. The van der Waals surface area contributed by atoms with Crippen LogP contribution in [-0.4, -0.2) is 37.1 Å². The molecule has 20 heavy (non-hydrogen) atoms. The van der Waals surface area contributed by atoms with Crippen LogP contribution in [-0.2, 0) is 9.47 Å². The maximum Gasteiger partial charge on any atom is 0.186 e. The summed E-state index contributed by atoms with van der Waals surface area (Å²) in [6, 6.07) is 4.23. The van der Waals surface area contributed by atoms with Gasteiger partial charge in [-0.2, -0.15) is 5.26 Å². The molecule has 1 aromatic heterocycles. The predicted octanol–water partition coefficient (Wildman–Crippen LogP) is 1.91. The van der Waals surface area contributed by atoms with Crippen molar-refractivity contribution < 1.29 is 9.47 Å². The summed E-state index contributed by atoms with van der Waals surface area (Å²) in [5.41, 5.74) is 2.57. The summed E-state index contributed by atoms with van der Waals surface area (Å²) in [5.74, 6) is 0.271. The molecule has 0 radical (unpaired) electrons. The highest BCUT2D eigenvalue weighted by Crippen LogP contribution is 2.33. The van der Waals surface area contributed by atoms with Crippen LogP contribution in [0.4, 0.5) is 5.82 Å². The zero-order valence-electron chi connectivity index (χ0n) is 12.0. The smallest absolute Gasteiger partial charge is 0.186 e. The van der Waals surface area contributed by atoms with E-state index in [1.54, 1.807) is 0 Å². The van der Waals surface area contributed by atoms with E-state index in [4.69, 9.17) is 9.47 Å². The van der Waals surface area contributed by atoms with Gasteiger partial charge in [0.25, 0.3) is 0 Å². The maximum absolute atomic E-state index is 9.40. The molecule has 0 saturated carbocycles. The van der Waals surface area contributed by atoms with E-state index in [9.17, 15) is 5.26 Å². The summed E-state index contributed by atoms with van der Waals surface area (Å²) < 4.78 is 11.6. The Morgan fingerprint density at radius 1 is 1.35 bits per heavy atom. The van der Waals surface area contributed by atoms with Crippen molar-refractivity contribution in [2.45, 2.75) is 32.5 Å². The van der Waals surface area contributed by atoms with E-state index in [0.29, 0.717) is 25.3 Å². The minimum absolute atomic E-state index is 0.496. The molecule has 2 aliphatic heterocycles. The van der Waals surface area contributed by atoms with Crippen LogP contribution in [0.2, 0.25) is 0 Å². The van der Waals surface area contributed by atoms with Crippen LogP contribution in [0.3, 0.4) is 0 Å². The number of anilines is 1. The van der Waals surface area contributed by atoms with Crippen LogP contribution in [0.25, 0.3) is 0 Å². The van der Waals surface area contributed by atoms with Crippen LogP contribution in [0.1, 0.15) is 29.7 Å². The SMILES string of the molecule is Cc1cc(C)c(C#N)c(N2CCCC3(C2)OCCO3)n1. The van der Waals surface area contributed by atoms with E-state index in [1.807, 2.05) is 19.9 Å². The third kappa shape index (κ3) is 2.26. The number of hydrogen-bond acceptors (Lipinski definition) is 5. The van der Waals surface area contributed by atoms with Crippen molar-refractivity contribution in [2.24, 2.45) is 0 Å². The van der Waals surface area contributed by atoms with Gasteiger partial charge in [0.2, 0.25) is 0 Å².